The van der Waals surface area contributed by atoms with Gasteiger partial charge in [-0.25, -0.2) is 0 Å². The Kier molecular flexibility index (Phi) is 5.30. The van der Waals surface area contributed by atoms with E-state index in [0.717, 1.165) is 16.2 Å². The normalized spacial score (nSPS) is 11.3. The van der Waals surface area contributed by atoms with Gasteiger partial charge in [0.05, 0.1) is 0 Å². The molecule has 0 aliphatic heterocycles. The van der Waals surface area contributed by atoms with E-state index in [9.17, 15) is 13.0 Å². The molecule has 22 heavy (non-hydrogen) atoms. The SMILES string of the molecule is C=CCc1ccc2cc3ccccc3cc2c1S(=O)(=O)O.[Ca+2].[H-].[H-]. The number of fused-ring (bicyclic) bond motifs is 2. The number of hydrogen-bond donors (Lipinski definition) is 1. The third kappa shape index (κ3) is 3.21. The predicted molar refractivity (Wildman–Crippen MR) is 93.1 cm³/mol. The van der Waals surface area contributed by atoms with Crippen molar-refractivity contribution in [2.75, 3.05) is 0 Å². The zero-order valence-electron chi connectivity index (χ0n) is 14.0. The second kappa shape index (κ2) is 6.69. The first-order valence-corrected chi connectivity index (χ1v) is 7.97. The molecule has 0 fully saturated rings. The van der Waals surface area contributed by atoms with Crippen LogP contribution in [-0.2, 0) is 16.5 Å². The second-order valence-corrected chi connectivity index (χ2v) is 6.30. The van der Waals surface area contributed by atoms with E-state index >= 15 is 0 Å². The van der Waals surface area contributed by atoms with Crippen LogP contribution in [0, 0.1) is 0 Å². The van der Waals surface area contributed by atoms with Gasteiger partial charge in [-0.1, -0.05) is 42.5 Å². The quantitative estimate of drug-likeness (QED) is 0.341. The average molecular weight is 340 g/mol. The molecule has 0 amide bonds. The van der Waals surface area contributed by atoms with Gasteiger partial charge in [-0.3, -0.25) is 4.55 Å². The van der Waals surface area contributed by atoms with E-state index in [1.54, 1.807) is 18.2 Å². The van der Waals surface area contributed by atoms with Crippen molar-refractivity contribution < 1.29 is 15.8 Å². The molecule has 0 aromatic heterocycles. The van der Waals surface area contributed by atoms with Gasteiger partial charge in [0, 0.05) is 5.39 Å². The molecule has 0 aliphatic carbocycles. The summed E-state index contributed by atoms with van der Waals surface area (Å²) >= 11 is 0. The van der Waals surface area contributed by atoms with Crippen LogP contribution < -0.4 is 0 Å². The maximum absolute atomic E-state index is 11.8. The van der Waals surface area contributed by atoms with E-state index in [-0.39, 0.29) is 45.5 Å². The van der Waals surface area contributed by atoms with Crippen LogP contribution in [0.5, 0.6) is 0 Å². The summed E-state index contributed by atoms with van der Waals surface area (Å²) in [5.74, 6) is 0. The molecule has 0 radical (unpaired) electrons. The average Bonchev–Trinajstić information content (AvgIpc) is 2.44. The van der Waals surface area contributed by atoms with Crippen LogP contribution in [-0.4, -0.2) is 50.7 Å². The second-order valence-electron chi connectivity index (χ2n) is 4.94. The van der Waals surface area contributed by atoms with Gasteiger partial charge in [-0.05, 0) is 40.3 Å². The van der Waals surface area contributed by atoms with Gasteiger partial charge in [0.2, 0.25) is 0 Å². The van der Waals surface area contributed by atoms with Crippen molar-refractivity contribution in [1.82, 2.24) is 0 Å². The zero-order chi connectivity index (χ0) is 15.0. The minimum atomic E-state index is -4.30. The van der Waals surface area contributed by atoms with Crippen LogP contribution in [0.15, 0.2) is 66.1 Å². The summed E-state index contributed by atoms with van der Waals surface area (Å²) in [6.45, 7) is 3.63. The molecular formula is C17H16CaO3S. The number of allylic oxidation sites excluding steroid dienone is 1. The van der Waals surface area contributed by atoms with Crippen LogP contribution in [0.25, 0.3) is 21.5 Å². The number of benzene rings is 3. The fraction of sp³-hybridized carbons (Fsp3) is 0.0588. The molecule has 0 bridgehead atoms. The van der Waals surface area contributed by atoms with E-state index in [1.165, 1.54) is 0 Å². The number of hydrogen-bond acceptors (Lipinski definition) is 2. The van der Waals surface area contributed by atoms with E-state index in [0.29, 0.717) is 17.4 Å². The van der Waals surface area contributed by atoms with E-state index < -0.39 is 10.1 Å². The molecule has 0 saturated carbocycles. The van der Waals surface area contributed by atoms with Crippen LogP contribution >= 0.6 is 0 Å². The molecule has 1 N–H and O–H groups in total. The van der Waals surface area contributed by atoms with Gasteiger partial charge >= 0.3 is 37.7 Å². The van der Waals surface area contributed by atoms with Crippen LogP contribution in [0.2, 0.25) is 0 Å². The molecule has 0 spiro atoms. The van der Waals surface area contributed by atoms with Gasteiger partial charge < -0.3 is 2.85 Å². The van der Waals surface area contributed by atoms with E-state index in [1.807, 2.05) is 36.4 Å². The third-order valence-electron chi connectivity index (χ3n) is 3.54. The first-order chi connectivity index (χ1) is 10.0. The Morgan fingerprint density at radius 2 is 1.68 bits per heavy atom. The molecule has 0 saturated heterocycles. The molecule has 5 heteroatoms. The topological polar surface area (TPSA) is 54.4 Å². The standard InChI is InChI=1S/C17H14O3S.Ca.2H/c1-2-5-12-8-9-15-10-13-6-3-4-7-14(13)11-16(15)17(12)21(18,19)20;;;/h2-4,6-11H,1,5H2,(H,18,19,20);;;/q;+2;2*-1. The van der Waals surface area contributed by atoms with Gasteiger partial charge in [-0.2, -0.15) is 8.42 Å². The Hall–Kier alpha value is -0.910. The van der Waals surface area contributed by atoms with Crippen LogP contribution in [0.3, 0.4) is 0 Å². The summed E-state index contributed by atoms with van der Waals surface area (Å²) in [5, 5.41) is 3.29. The molecule has 110 valence electrons. The summed E-state index contributed by atoms with van der Waals surface area (Å²) in [4.78, 5) is -0.0225. The molecule has 0 unspecified atom stereocenters. The molecular weight excluding hydrogens is 324 g/mol. The first-order valence-electron chi connectivity index (χ1n) is 6.53. The largest absolute Gasteiger partial charge is 2.00 e. The van der Waals surface area contributed by atoms with Gasteiger partial charge in [0.25, 0.3) is 10.1 Å². The molecule has 0 atom stereocenters. The monoisotopic (exact) mass is 340 g/mol. The Labute approximate surface area is 162 Å². The van der Waals surface area contributed by atoms with E-state index in [4.69, 9.17) is 0 Å². The fourth-order valence-corrected chi connectivity index (χ4v) is 3.59. The summed E-state index contributed by atoms with van der Waals surface area (Å²) in [6.07, 6.45) is 2.01. The van der Waals surface area contributed by atoms with Crippen molar-refractivity contribution in [2.24, 2.45) is 0 Å². The van der Waals surface area contributed by atoms with Crippen molar-refractivity contribution in [2.45, 2.75) is 11.3 Å². The van der Waals surface area contributed by atoms with Crippen LogP contribution in [0.4, 0.5) is 0 Å². The maximum Gasteiger partial charge on any atom is 2.00 e. The first kappa shape index (κ1) is 17.4. The minimum absolute atomic E-state index is 0. The van der Waals surface area contributed by atoms with Crippen molar-refractivity contribution in [3.8, 4) is 0 Å². The van der Waals surface area contributed by atoms with Gasteiger partial charge in [0.15, 0.2) is 0 Å². The smallest absolute Gasteiger partial charge is 1.00 e. The summed E-state index contributed by atoms with van der Waals surface area (Å²) in [5.41, 5.74) is 0.551. The predicted octanol–water partition coefficient (Wildman–Crippen LogP) is 3.81. The molecule has 3 aromatic rings. The zero-order valence-corrected chi connectivity index (χ0v) is 15.0. The molecule has 0 heterocycles. The van der Waals surface area contributed by atoms with Gasteiger partial charge in [0.1, 0.15) is 4.90 Å². The van der Waals surface area contributed by atoms with Crippen molar-refractivity contribution >= 4 is 69.4 Å². The number of rotatable bonds is 3. The van der Waals surface area contributed by atoms with Crippen molar-refractivity contribution in [1.29, 1.82) is 0 Å². The van der Waals surface area contributed by atoms with Gasteiger partial charge in [-0.15, -0.1) is 6.58 Å². The van der Waals surface area contributed by atoms with Crippen LogP contribution in [0.1, 0.15) is 8.42 Å². The molecule has 3 aromatic carbocycles. The summed E-state index contributed by atoms with van der Waals surface area (Å²) < 4.78 is 33.2. The molecule has 0 aliphatic rings. The Balaban J connectivity index is 0.00000176. The summed E-state index contributed by atoms with van der Waals surface area (Å²) in [7, 11) is -4.30. The molecule has 3 nitrogen and oxygen atoms in total. The fourth-order valence-electron chi connectivity index (χ4n) is 2.65. The minimum Gasteiger partial charge on any atom is -1.00 e. The van der Waals surface area contributed by atoms with Crippen molar-refractivity contribution in [3.05, 3.63) is 66.7 Å². The Morgan fingerprint density at radius 1 is 1.05 bits per heavy atom. The van der Waals surface area contributed by atoms with Crippen molar-refractivity contribution in [3.63, 3.8) is 0 Å². The van der Waals surface area contributed by atoms with E-state index in [2.05, 4.69) is 6.58 Å². The maximum atomic E-state index is 11.8. The Morgan fingerprint density at radius 3 is 2.27 bits per heavy atom. The third-order valence-corrected chi connectivity index (χ3v) is 4.54. The summed E-state index contributed by atoms with van der Waals surface area (Å²) in [6, 6.07) is 15.1. The molecule has 3 rings (SSSR count). The Bertz CT molecular complexity index is 972.